The van der Waals surface area contributed by atoms with Gasteiger partial charge in [0.05, 0.1) is 0 Å². The van der Waals surface area contributed by atoms with Gasteiger partial charge in [-0.3, -0.25) is 9.69 Å². The molecule has 0 radical (unpaired) electrons. The Bertz CT molecular complexity index is 1400. The molecule has 8 nitrogen and oxygen atoms in total. The van der Waals surface area contributed by atoms with Gasteiger partial charge in [0.15, 0.2) is 6.23 Å². The van der Waals surface area contributed by atoms with Crippen molar-refractivity contribution in [3.8, 4) is 5.75 Å². The van der Waals surface area contributed by atoms with E-state index < -0.39 is 35.3 Å². The average molecular weight is 607 g/mol. The van der Waals surface area contributed by atoms with Gasteiger partial charge < -0.3 is 19.5 Å². The van der Waals surface area contributed by atoms with Crippen molar-refractivity contribution in [2.24, 2.45) is 5.41 Å². The molecule has 1 saturated heterocycles. The lowest BCUT2D eigenvalue weighted by Crippen LogP contribution is -2.50. The molecule has 43 heavy (non-hydrogen) atoms. The number of esters is 1. The maximum atomic E-state index is 13.3. The van der Waals surface area contributed by atoms with Gasteiger partial charge >= 0.3 is 12.1 Å². The Morgan fingerprint density at radius 1 is 0.907 bits per heavy atom. The van der Waals surface area contributed by atoms with E-state index in [4.69, 9.17) is 25.8 Å². The number of carbonyl (C=O) groups is 3. The Labute approximate surface area is 258 Å². The van der Waals surface area contributed by atoms with Crippen LogP contribution in [0.4, 0.5) is 4.79 Å². The van der Waals surface area contributed by atoms with Crippen LogP contribution in [0.1, 0.15) is 62.5 Å². The summed E-state index contributed by atoms with van der Waals surface area (Å²) in [5, 5.41) is 3.49. The number of nitrogens with zero attached hydrogens (tertiary/aromatic N) is 1. The molecule has 1 aliphatic rings. The second kappa shape index (κ2) is 13.5. The highest BCUT2D eigenvalue weighted by atomic mass is 35.5. The predicted octanol–water partition coefficient (Wildman–Crippen LogP) is 6.80. The van der Waals surface area contributed by atoms with Gasteiger partial charge in [-0.1, -0.05) is 74.8 Å². The van der Waals surface area contributed by atoms with Gasteiger partial charge in [-0.25, -0.2) is 9.59 Å². The molecule has 3 aromatic rings. The molecular weight excluding hydrogens is 568 g/mol. The van der Waals surface area contributed by atoms with Crippen LogP contribution in [-0.2, 0) is 27.3 Å². The van der Waals surface area contributed by atoms with Gasteiger partial charge in [0.2, 0.25) is 0 Å². The third-order valence-corrected chi connectivity index (χ3v) is 7.31. The molecule has 0 spiro atoms. The lowest BCUT2D eigenvalue weighted by molar-refractivity contribution is -0.147. The van der Waals surface area contributed by atoms with Crippen LogP contribution in [0.25, 0.3) is 0 Å². The van der Waals surface area contributed by atoms with Crippen molar-refractivity contribution < 1.29 is 28.6 Å². The minimum absolute atomic E-state index is 0.0883. The first-order valence-corrected chi connectivity index (χ1v) is 14.7. The van der Waals surface area contributed by atoms with E-state index >= 15 is 0 Å². The lowest BCUT2D eigenvalue weighted by atomic mass is 9.92. The van der Waals surface area contributed by atoms with Gasteiger partial charge in [0, 0.05) is 29.0 Å². The number of nitrogens with one attached hydrogen (secondary N) is 1. The second-order valence-electron chi connectivity index (χ2n) is 12.3. The Morgan fingerprint density at radius 2 is 1.56 bits per heavy atom. The number of amides is 2. The monoisotopic (exact) mass is 606 g/mol. The zero-order valence-corrected chi connectivity index (χ0v) is 26.0. The second-order valence-corrected chi connectivity index (χ2v) is 12.8. The van der Waals surface area contributed by atoms with Crippen LogP contribution < -0.4 is 10.1 Å². The first-order chi connectivity index (χ1) is 20.3. The van der Waals surface area contributed by atoms with Crippen LogP contribution in [0.2, 0.25) is 5.02 Å². The first kappa shape index (κ1) is 31.9. The third-order valence-electron chi connectivity index (χ3n) is 7.05. The summed E-state index contributed by atoms with van der Waals surface area (Å²) in [5.41, 5.74) is 1.09. The molecule has 9 heteroatoms. The molecule has 1 aliphatic heterocycles. The van der Waals surface area contributed by atoms with Crippen molar-refractivity contribution >= 4 is 29.6 Å². The van der Waals surface area contributed by atoms with Crippen molar-refractivity contribution in [3.63, 3.8) is 0 Å². The molecule has 0 aliphatic carbocycles. The van der Waals surface area contributed by atoms with Gasteiger partial charge in [-0.05, 0) is 67.8 Å². The summed E-state index contributed by atoms with van der Waals surface area (Å²) in [6.45, 7) is 10.1. The van der Waals surface area contributed by atoms with E-state index in [1.54, 1.807) is 24.3 Å². The number of halogens is 1. The number of rotatable bonds is 10. The maximum Gasteiger partial charge on any atom is 0.413 e. The van der Waals surface area contributed by atoms with Crippen molar-refractivity contribution in [1.82, 2.24) is 10.2 Å². The molecule has 2 atom stereocenters. The molecule has 2 amide bonds. The molecule has 4 rings (SSSR count). The molecular formula is C34H39ClN2O6. The largest absolute Gasteiger partial charge is 0.488 e. The number of hydrogen-bond acceptors (Lipinski definition) is 6. The van der Waals surface area contributed by atoms with Crippen LogP contribution in [0.15, 0.2) is 78.9 Å². The fraction of sp³-hybridized carbons (Fsp3) is 0.382. The fourth-order valence-electron chi connectivity index (χ4n) is 4.89. The lowest BCUT2D eigenvalue weighted by Gasteiger charge is -2.35. The summed E-state index contributed by atoms with van der Waals surface area (Å²) in [6.07, 6.45) is -0.533. The summed E-state index contributed by atoms with van der Waals surface area (Å²) < 4.78 is 17.6. The number of carbonyl (C=O) groups excluding carboxylic acids is 3. The summed E-state index contributed by atoms with van der Waals surface area (Å²) in [7, 11) is 0. The van der Waals surface area contributed by atoms with Crippen molar-refractivity contribution in [2.75, 3.05) is 6.54 Å². The van der Waals surface area contributed by atoms with Crippen molar-refractivity contribution in [2.45, 2.75) is 71.9 Å². The number of ether oxygens (including phenoxy) is 3. The standard InChI is InChI=1S/C34H39ClN2O6/c1-33(2,3)31-37(32(40)41-22-24-9-7-6-8-10-24)28(30(39)42-31)21-34(4,5)43-27-17-11-23(12-18-27)19-20-36-29(38)25-13-15-26(35)16-14-25/h6-18,28,31H,19-22H2,1-5H3,(H,36,38)/t28-,31+/m0/s1. The van der Waals surface area contributed by atoms with Gasteiger partial charge in [-0.15, -0.1) is 0 Å². The topological polar surface area (TPSA) is 94.2 Å². The molecule has 0 unspecified atom stereocenters. The van der Waals surface area contributed by atoms with E-state index in [0.717, 1.165) is 11.1 Å². The number of benzene rings is 3. The van der Waals surface area contributed by atoms with Gasteiger partial charge in [-0.2, -0.15) is 0 Å². The van der Waals surface area contributed by atoms with Crippen LogP contribution in [-0.4, -0.2) is 47.3 Å². The summed E-state index contributed by atoms with van der Waals surface area (Å²) in [6, 6.07) is 22.8. The van der Waals surface area contributed by atoms with Crippen LogP contribution in [0.3, 0.4) is 0 Å². The summed E-state index contributed by atoms with van der Waals surface area (Å²) >= 11 is 5.89. The highest BCUT2D eigenvalue weighted by Gasteiger charge is 2.52. The Hall–Kier alpha value is -4.04. The van der Waals surface area contributed by atoms with E-state index in [0.29, 0.717) is 29.3 Å². The summed E-state index contributed by atoms with van der Waals surface area (Å²) in [5.74, 6) is -0.0179. The van der Waals surface area contributed by atoms with Gasteiger partial charge in [0.25, 0.3) is 5.91 Å². The third kappa shape index (κ3) is 8.74. The average Bonchev–Trinajstić information content (AvgIpc) is 3.29. The van der Waals surface area contributed by atoms with Crippen molar-refractivity contribution in [1.29, 1.82) is 0 Å². The minimum atomic E-state index is -0.869. The minimum Gasteiger partial charge on any atom is -0.488 e. The maximum absolute atomic E-state index is 13.3. The Morgan fingerprint density at radius 3 is 2.19 bits per heavy atom. The van der Waals surface area contributed by atoms with E-state index in [2.05, 4.69) is 5.32 Å². The molecule has 3 aromatic carbocycles. The molecule has 1 N–H and O–H groups in total. The molecule has 0 saturated carbocycles. The number of hydrogen-bond donors (Lipinski definition) is 1. The zero-order chi connectivity index (χ0) is 31.2. The first-order valence-electron chi connectivity index (χ1n) is 14.3. The summed E-state index contributed by atoms with van der Waals surface area (Å²) in [4.78, 5) is 40.2. The van der Waals surface area contributed by atoms with E-state index in [1.807, 2.05) is 89.2 Å². The van der Waals surface area contributed by atoms with Gasteiger partial charge in [0.1, 0.15) is 24.0 Å². The zero-order valence-electron chi connectivity index (χ0n) is 25.3. The highest BCUT2D eigenvalue weighted by Crippen LogP contribution is 2.37. The SMILES string of the molecule is CC(C)(C[C@H]1C(=O)O[C@H](C(C)(C)C)N1C(=O)OCc1ccccc1)Oc1ccc(CCNC(=O)c2ccc(Cl)cc2)cc1. The van der Waals surface area contributed by atoms with E-state index in [-0.39, 0.29) is 18.9 Å². The molecule has 0 bridgehead atoms. The molecule has 1 fully saturated rings. The smallest absolute Gasteiger partial charge is 0.413 e. The highest BCUT2D eigenvalue weighted by molar-refractivity contribution is 6.30. The Balaban J connectivity index is 1.36. The van der Waals surface area contributed by atoms with Crippen molar-refractivity contribution in [3.05, 3.63) is 101 Å². The van der Waals surface area contributed by atoms with E-state index in [1.165, 1.54) is 4.90 Å². The normalized spacial score (nSPS) is 16.9. The Kier molecular flexibility index (Phi) is 10.0. The van der Waals surface area contributed by atoms with Crippen LogP contribution >= 0.6 is 11.6 Å². The molecule has 0 aromatic heterocycles. The van der Waals surface area contributed by atoms with Crippen LogP contribution in [0, 0.1) is 5.41 Å². The predicted molar refractivity (Wildman–Crippen MR) is 165 cm³/mol. The van der Waals surface area contributed by atoms with E-state index in [9.17, 15) is 14.4 Å². The van der Waals surface area contributed by atoms with Crippen LogP contribution in [0.5, 0.6) is 5.75 Å². The number of cyclic esters (lactones) is 1. The molecule has 228 valence electrons. The fourth-order valence-corrected chi connectivity index (χ4v) is 5.02. The molecule has 1 heterocycles. The quantitative estimate of drug-likeness (QED) is 0.255.